The maximum absolute atomic E-state index is 13.1. The standard InChI is InChI=1S/C23H30N2O2/c1-2-16-25(23(27)19-12-7-4-8-13-19)21-15-9-14-20(17-21)24-22(26)18-10-5-3-6-11-18/h3-5,7,9,14-15,17-19H,2,6,8,10-13,16H2,1H3,(H,24,26)/t18-,19-/m0/s1. The van der Waals surface area contributed by atoms with E-state index < -0.39 is 0 Å². The second-order valence-electron chi connectivity index (χ2n) is 7.49. The van der Waals surface area contributed by atoms with Crippen molar-refractivity contribution in [3.8, 4) is 0 Å². The molecule has 0 radical (unpaired) electrons. The van der Waals surface area contributed by atoms with E-state index in [9.17, 15) is 9.59 Å². The minimum absolute atomic E-state index is 0.0426. The maximum Gasteiger partial charge on any atom is 0.230 e. The Labute approximate surface area is 162 Å². The molecular weight excluding hydrogens is 336 g/mol. The molecule has 0 spiro atoms. The second kappa shape index (κ2) is 9.54. The van der Waals surface area contributed by atoms with E-state index in [1.165, 1.54) is 0 Å². The molecule has 0 saturated heterocycles. The quantitative estimate of drug-likeness (QED) is 0.714. The summed E-state index contributed by atoms with van der Waals surface area (Å²) in [6.07, 6.45) is 14.8. The second-order valence-corrected chi connectivity index (χ2v) is 7.49. The van der Waals surface area contributed by atoms with Crippen molar-refractivity contribution in [2.24, 2.45) is 11.8 Å². The van der Waals surface area contributed by atoms with E-state index in [1.807, 2.05) is 29.2 Å². The predicted molar refractivity (Wildman–Crippen MR) is 111 cm³/mol. The number of hydrogen-bond acceptors (Lipinski definition) is 2. The zero-order valence-electron chi connectivity index (χ0n) is 16.2. The van der Waals surface area contributed by atoms with E-state index in [-0.39, 0.29) is 23.7 Å². The fraction of sp³-hybridized carbons (Fsp3) is 0.478. The van der Waals surface area contributed by atoms with Crippen LogP contribution < -0.4 is 10.2 Å². The molecule has 0 bridgehead atoms. The molecule has 2 aliphatic rings. The van der Waals surface area contributed by atoms with Crippen molar-refractivity contribution in [3.05, 3.63) is 48.6 Å². The van der Waals surface area contributed by atoms with Crippen LogP contribution in [0.1, 0.15) is 51.9 Å². The van der Waals surface area contributed by atoms with Crippen molar-refractivity contribution in [2.45, 2.75) is 51.9 Å². The number of hydrogen-bond donors (Lipinski definition) is 1. The third-order valence-electron chi connectivity index (χ3n) is 5.40. The zero-order chi connectivity index (χ0) is 19.1. The first kappa shape index (κ1) is 19.4. The largest absolute Gasteiger partial charge is 0.326 e. The van der Waals surface area contributed by atoms with Gasteiger partial charge in [0.15, 0.2) is 0 Å². The van der Waals surface area contributed by atoms with Gasteiger partial charge in [0.25, 0.3) is 0 Å². The van der Waals surface area contributed by atoms with Gasteiger partial charge in [0.2, 0.25) is 11.8 Å². The Balaban J connectivity index is 1.72. The summed E-state index contributed by atoms with van der Waals surface area (Å²) in [5.41, 5.74) is 1.64. The summed E-state index contributed by atoms with van der Waals surface area (Å²) in [4.78, 5) is 27.5. The van der Waals surface area contributed by atoms with Gasteiger partial charge in [-0.3, -0.25) is 9.59 Å². The molecule has 4 heteroatoms. The smallest absolute Gasteiger partial charge is 0.230 e. The van der Waals surface area contributed by atoms with Crippen LogP contribution in [0.25, 0.3) is 0 Å². The summed E-state index contributed by atoms with van der Waals surface area (Å²) in [5.74, 6) is 0.374. The average Bonchev–Trinajstić information content (AvgIpc) is 2.73. The van der Waals surface area contributed by atoms with Crippen LogP contribution in [-0.4, -0.2) is 18.4 Å². The van der Waals surface area contributed by atoms with Crippen molar-refractivity contribution in [1.82, 2.24) is 0 Å². The van der Waals surface area contributed by atoms with E-state index in [1.54, 1.807) is 0 Å². The molecule has 2 aliphatic carbocycles. The van der Waals surface area contributed by atoms with Gasteiger partial charge >= 0.3 is 0 Å². The van der Waals surface area contributed by atoms with Crippen LogP contribution in [0.15, 0.2) is 48.6 Å². The van der Waals surface area contributed by atoms with E-state index in [4.69, 9.17) is 0 Å². The lowest BCUT2D eigenvalue weighted by Crippen LogP contribution is -2.37. The predicted octanol–water partition coefficient (Wildman–Crippen LogP) is 5.08. The Morgan fingerprint density at radius 3 is 2.37 bits per heavy atom. The number of carbonyl (C=O) groups is 2. The fourth-order valence-electron chi connectivity index (χ4n) is 3.86. The van der Waals surface area contributed by atoms with Crippen LogP contribution in [0, 0.1) is 11.8 Å². The number of anilines is 2. The van der Waals surface area contributed by atoms with Gasteiger partial charge in [0.05, 0.1) is 0 Å². The molecule has 1 aromatic rings. The number of allylic oxidation sites excluding steroid dienone is 4. The Bertz CT molecular complexity index is 723. The number of nitrogens with one attached hydrogen (secondary N) is 1. The van der Waals surface area contributed by atoms with Crippen LogP contribution in [0.3, 0.4) is 0 Å². The molecule has 2 amide bonds. The molecule has 3 rings (SSSR count). The molecule has 27 heavy (non-hydrogen) atoms. The maximum atomic E-state index is 13.1. The van der Waals surface area contributed by atoms with Crippen molar-refractivity contribution < 1.29 is 9.59 Å². The van der Waals surface area contributed by atoms with Crippen molar-refractivity contribution in [2.75, 3.05) is 16.8 Å². The summed E-state index contributed by atoms with van der Waals surface area (Å²) in [6, 6.07) is 7.72. The van der Waals surface area contributed by atoms with Gasteiger partial charge in [-0.2, -0.15) is 0 Å². The highest BCUT2D eigenvalue weighted by molar-refractivity contribution is 5.97. The molecule has 0 aromatic heterocycles. The van der Waals surface area contributed by atoms with E-state index in [0.29, 0.717) is 6.54 Å². The van der Waals surface area contributed by atoms with E-state index in [2.05, 4.69) is 36.5 Å². The molecule has 144 valence electrons. The summed E-state index contributed by atoms with van der Waals surface area (Å²) < 4.78 is 0. The molecule has 0 unspecified atom stereocenters. The average molecular weight is 367 g/mol. The first-order valence-electron chi connectivity index (χ1n) is 10.2. The lowest BCUT2D eigenvalue weighted by atomic mass is 9.92. The molecule has 1 N–H and O–H groups in total. The molecule has 0 aliphatic heterocycles. The van der Waals surface area contributed by atoms with Crippen LogP contribution in [0.5, 0.6) is 0 Å². The van der Waals surface area contributed by atoms with Crippen LogP contribution in [0.2, 0.25) is 0 Å². The van der Waals surface area contributed by atoms with Gasteiger partial charge in [-0.05, 0) is 63.1 Å². The lowest BCUT2D eigenvalue weighted by molar-refractivity contribution is -0.122. The van der Waals surface area contributed by atoms with E-state index in [0.717, 1.165) is 56.3 Å². The number of carbonyl (C=O) groups excluding carboxylic acids is 2. The summed E-state index contributed by atoms with van der Waals surface area (Å²) in [7, 11) is 0. The summed E-state index contributed by atoms with van der Waals surface area (Å²) in [6.45, 7) is 2.78. The monoisotopic (exact) mass is 366 g/mol. The van der Waals surface area contributed by atoms with Crippen LogP contribution >= 0.6 is 0 Å². The number of amides is 2. The van der Waals surface area contributed by atoms with Gasteiger partial charge in [0, 0.05) is 29.8 Å². The fourth-order valence-corrected chi connectivity index (χ4v) is 3.86. The molecule has 2 atom stereocenters. The minimum atomic E-state index is 0.0426. The van der Waals surface area contributed by atoms with Gasteiger partial charge in [-0.1, -0.05) is 37.3 Å². The van der Waals surface area contributed by atoms with E-state index >= 15 is 0 Å². The summed E-state index contributed by atoms with van der Waals surface area (Å²) in [5, 5.41) is 3.05. The minimum Gasteiger partial charge on any atom is -0.326 e. The van der Waals surface area contributed by atoms with Gasteiger partial charge < -0.3 is 10.2 Å². The highest BCUT2D eigenvalue weighted by Gasteiger charge is 2.25. The number of benzene rings is 1. The highest BCUT2D eigenvalue weighted by Crippen LogP contribution is 2.27. The molecule has 0 heterocycles. The topological polar surface area (TPSA) is 49.4 Å². The van der Waals surface area contributed by atoms with Gasteiger partial charge in [0.1, 0.15) is 0 Å². The zero-order valence-corrected chi connectivity index (χ0v) is 16.2. The van der Waals surface area contributed by atoms with Gasteiger partial charge in [-0.15, -0.1) is 0 Å². The van der Waals surface area contributed by atoms with Crippen molar-refractivity contribution in [3.63, 3.8) is 0 Å². The lowest BCUT2D eigenvalue weighted by Gasteiger charge is -2.28. The number of rotatable bonds is 6. The molecule has 4 nitrogen and oxygen atoms in total. The Morgan fingerprint density at radius 2 is 1.74 bits per heavy atom. The molecule has 1 aromatic carbocycles. The van der Waals surface area contributed by atoms with Gasteiger partial charge in [-0.25, -0.2) is 0 Å². The first-order valence-corrected chi connectivity index (χ1v) is 10.2. The molecule has 0 fully saturated rings. The van der Waals surface area contributed by atoms with Crippen LogP contribution in [0.4, 0.5) is 11.4 Å². The SMILES string of the molecule is CCCN(C(=O)[C@H]1CC=CCC1)c1cccc(NC(=O)[C@H]2CC=CCC2)c1. The third kappa shape index (κ3) is 5.09. The molecular formula is C23H30N2O2. The summed E-state index contributed by atoms with van der Waals surface area (Å²) >= 11 is 0. The molecule has 0 saturated carbocycles. The Hall–Kier alpha value is -2.36. The van der Waals surface area contributed by atoms with Crippen LogP contribution in [-0.2, 0) is 9.59 Å². The first-order chi connectivity index (χ1) is 13.2. The highest BCUT2D eigenvalue weighted by atomic mass is 16.2. The number of nitrogens with zero attached hydrogens (tertiary/aromatic N) is 1. The van der Waals surface area contributed by atoms with Crippen molar-refractivity contribution >= 4 is 23.2 Å². The Kier molecular flexibility index (Phi) is 6.86. The van der Waals surface area contributed by atoms with Crippen molar-refractivity contribution in [1.29, 1.82) is 0 Å². The Morgan fingerprint density at radius 1 is 1.04 bits per heavy atom. The third-order valence-corrected chi connectivity index (χ3v) is 5.40. The normalized spacial score (nSPS) is 21.7.